The largest absolute Gasteiger partial charge is 0.573 e. The van der Waals surface area contributed by atoms with Crippen molar-refractivity contribution in [2.24, 2.45) is 5.73 Å². The first-order chi connectivity index (χ1) is 6.88. The maximum Gasteiger partial charge on any atom is 0.573 e. The number of alkyl halides is 3. The van der Waals surface area contributed by atoms with Gasteiger partial charge in [-0.2, -0.15) is 0 Å². The van der Waals surface area contributed by atoms with Gasteiger partial charge in [0.15, 0.2) is 0 Å². The van der Waals surface area contributed by atoms with Crippen LogP contribution in [-0.2, 0) is 6.42 Å². The fourth-order valence-corrected chi connectivity index (χ4v) is 1.24. The normalized spacial score (nSPS) is 13.7. The maximum atomic E-state index is 12.0. The number of benzene rings is 1. The summed E-state index contributed by atoms with van der Waals surface area (Å²) in [5.74, 6) is -0.178. The summed E-state index contributed by atoms with van der Waals surface area (Å²) in [6.45, 7) is 1.73. The third-order valence-electron chi connectivity index (χ3n) is 1.74. The van der Waals surface area contributed by atoms with E-state index in [1.165, 1.54) is 12.1 Å². The Morgan fingerprint density at radius 3 is 2.47 bits per heavy atom. The van der Waals surface area contributed by atoms with Crippen LogP contribution in [0.25, 0.3) is 0 Å². The van der Waals surface area contributed by atoms with Crippen LogP contribution in [0.5, 0.6) is 5.75 Å². The third-order valence-corrected chi connectivity index (χ3v) is 1.74. The zero-order valence-corrected chi connectivity index (χ0v) is 8.21. The van der Waals surface area contributed by atoms with E-state index in [-0.39, 0.29) is 11.8 Å². The molecule has 0 aliphatic heterocycles. The Bertz CT molecular complexity index is 323. The summed E-state index contributed by atoms with van der Waals surface area (Å²) in [6, 6.07) is 5.80. The van der Waals surface area contributed by atoms with Crippen LogP contribution in [0.15, 0.2) is 24.3 Å². The number of halogens is 3. The molecule has 0 aliphatic carbocycles. The van der Waals surface area contributed by atoms with Crippen molar-refractivity contribution in [3.8, 4) is 5.75 Å². The van der Waals surface area contributed by atoms with Crippen molar-refractivity contribution >= 4 is 0 Å². The lowest BCUT2D eigenvalue weighted by atomic mass is 10.1. The Kier molecular flexibility index (Phi) is 3.57. The van der Waals surface area contributed by atoms with E-state index in [1.54, 1.807) is 19.1 Å². The molecule has 0 spiro atoms. The topological polar surface area (TPSA) is 35.2 Å². The third kappa shape index (κ3) is 4.20. The zero-order chi connectivity index (χ0) is 11.5. The fourth-order valence-electron chi connectivity index (χ4n) is 1.24. The van der Waals surface area contributed by atoms with Crippen molar-refractivity contribution < 1.29 is 17.9 Å². The van der Waals surface area contributed by atoms with Crippen LogP contribution in [0.2, 0.25) is 0 Å². The lowest BCUT2D eigenvalue weighted by molar-refractivity contribution is -0.274. The van der Waals surface area contributed by atoms with Crippen LogP contribution in [0, 0.1) is 0 Å². The summed E-state index contributed by atoms with van der Waals surface area (Å²) in [5.41, 5.74) is 5.98. The van der Waals surface area contributed by atoms with Crippen LogP contribution < -0.4 is 10.5 Å². The van der Waals surface area contributed by atoms with Gasteiger partial charge in [-0.05, 0) is 25.0 Å². The van der Waals surface area contributed by atoms with Gasteiger partial charge in [-0.25, -0.2) is 0 Å². The molecule has 1 rings (SSSR count). The van der Waals surface area contributed by atoms with Gasteiger partial charge < -0.3 is 10.5 Å². The van der Waals surface area contributed by atoms with E-state index in [9.17, 15) is 13.2 Å². The minimum absolute atomic E-state index is 0.178. The molecule has 0 unspecified atom stereocenters. The second-order valence-electron chi connectivity index (χ2n) is 3.34. The van der Waals surface area contributed by atoms with E-state index < -0.39 is 6.36 Å². The highest BCUT2D eigenvalue weighted by atomic mass is 19.4. The molecule has 0 saturated heterocycles. The Labute approximate surface area is 85.8 Å². The molecule has 0 aliphatic rings. The van der Waals surface area contributed by atoms with Crippen molar-refractivity contribution in [3.63, 3.8) is 0 Å². The Hall–Kier alpha value is -1.23. The van der Waals surface area contributed by atoms with Crippen LogP contribution in [-0.4, -0.2) is 12.4 Å². The van der Waals surface area contributed by atoms with Gasteiger partial charge in [0.05, 0.1) is 0 Å². The number of ether oxygens (including phenoxy) is 1. The monoisotopic (exact) mass is 219 g/mol. The van der Waals surface area contributed by atoms with Crippen LogP contribution in [0.1, 0.15) is 12.5 Å². The fraction of sp³-hybridized carbons (Fsp3) is 0.400. The predicted octanol–water partition coefficient (Wildman–Crippen LogP) is 2.47. The van der Waals surface area contributed by atoms with Gasteiger partial charge in [0.1, 0.15) is 5.75 Å². The van der Waals surface area contributed by atoms with Gasteiger partial charge in [-0.15, -0.1) is 13.2 Å². The second kappa shape index (κ2) is 4.53. The number of para-hydroxylation sites is 1. The van der Waals surface area contributed by atoms with E-state index in [2.05, 4.69) is 4.74 Å². The van der Waals surface area contributed by atoms with Gasteiger partial charge in [0.2, 0.25) is 0 Å². The van der Waals surface area contributed by atoms with E-state index >= 15 is 0 Å². The summed E-state index contributed by atoms with van der Waals surface area (Å²) < 4.78 is 39.9. The molecule has 0 amide bonds. The number of nitrogens with two attached hydrogens (primary N) is 1. The lowest BCUT2D eigenvalue weighted by Crippen LogP contribution is -2.21. The average Bonchev–Trinajstić information content (AvgIpc) is 2.05. The van der Waals surface area contributed by atoms with Gasteiger partial charge >= 0.3 is 6.36 Å². The van der Waals surface area contributed by atoms with Crippen molar-refractivity contribution in [3.05, 3.63) is 29.8 Å². The Morgan fingerprint density at radius 2 is 1.93 bits per heavy atom. The number of hydrogen-bond donors (Lipinski definition) is 1. The van der Waals surface area contributed by atoms with Crippen molar-refractivity contribution in [1.29, 1.82) is 0 Å². The SMILES string of the molecule is C[C@H](N)Cc1ccccc1OC(F)(F)F. The molecule has 0 aromatic heterocycles. The molecule has 0 saturated carbocycles. The van der Waals surface area contributed by atoms with Gasteiger partial charge in [0.25, 0.3) is 0 Å². The van der Waals surface area contributed by atoms with Crippen molar-refractivity contribution in [2.75, 3.05) is 0 Å². The first kappa shape index (κ1) is 11.8. The molecular weight excluding hydrogens is 207 g/mol. The molecule has 15 heavy (non-hydrogen) atoms. The molecule has 1 aromatic carbocycles. The molecule has 0 bridgehead atoms. The summed E-state index contributed by atoms with van der Waals surface area (Å²) in [5, 5.41) is 0. The summed E-state index contributed by atoms with van der Waals surface area (Å²) >= 11 is 0. The first-order valence-electron chi connectivity index (χ1n) is 4.48. The number of rotatable bonds is 3. The molecule has 5 heteroatoms. The minimum Gasteiger partial charge on any atom is -0.406 e. The highest BCUT2D eigenvalue weighted by Gasteiger charge is 2.31. The molecule has 1 atom stereocenters. The molecule has 2 N–H and O–H groups in total. The highest BCUT2D eigenvalue weighted by molar-refractivity contribution is 5.34. The van der Waals surface area contributed by atoms with Crippen molar-refractivity contribution in [2.45, 2.75) is 25.7 Å². The summed E-state index contributed by atoms with van der Waals surface area (Å²) in [4.78, 5) is 0. The van der Waals surface area contributed by atoms with E-state index in [0.717, 1.165) is 0 Å². The molecule has 0 fully saturated rings. The first-order valence-corrected chi connectivity index (χ1v) is 4.48. The molecule has 1 aromatic rings. The van der Waals surface area contributed by atoms with E-state index in [0.29, 0.717) is 12.0 Å². The molecule has 0 heterocycles. The second-order valence-corrected chi connectivity index (χ2v) is 3.34. The predicted molar refractivity (Wildman–Crippen MR) is 50.5 cm³/mol. The van der Waals surface area contributed by atoms with E-state index in [1.807, 2.05) is 0 Å². The molecular formula is C10H12F3NO. The van der Waals surface area contributed by atoms with Crippen molar-refractivity contribution in [1.82, 2.24) is 0 Å². The molecule has 0 radical (unpaired) electrons. The lowest BCUT2D eigenvalue weighted by Gasteiger charge is -2.14. The van der Waals surface area contributed by atoms with Gasteiger partial charge in [-0.3, -0.25) is 0 Å². The molecule has 84 valence electrons. The Morgan fingerprint density at radius 1 is 1.33 bits per heavy atom. The summed E-state index contributed by atoms with van der Waals surface area (Å²) in [6.07, 6.45) is -4.31. The zero-order valence-electron chi connectivity index (χ0n) is 8.21. The van der Waals surface area contributed by atoms with Crippen LogP contribution >= 0.6 is 0 Å². The van der Waals surface area contributed by atoms with Gasteiger partial charge in [-0.1, -0.05) is 18.2 Å². The van der Waals surface area contributed by atoms with E-state index in [4.69, 9.17) is 5.73 Å². The highest BCUT2D eigenvalue weighted by Crippen LogP contribution is 2.26. The molecule has 2 nitrogen and oxygen atoms in total. The average molecular weight is 219 g/mol. The standard InChI is InChI=1S/C10H12F3NO/c1-7(14)6-8-4-2-3-5-9(8)15-10(11,12)13/h2-5,7H,6,14H2,1H3/t7-/m0/s1. The van der Waals surface area contributed by atoms with Crippen LogP contribution in [0.4, 0.5) is 13.2 Å². The Balaban J connectivity index is 2.86. The number of hydrogen-bond acceptors (Lipinski definition) is 2. The van der Waals surface area contributed by atoms with Crippen LogP contribution in [0.3, 0.4) is 0 Å². The van der Waals surface area contributed by atoms with Gasteiger partial charge in [0, 0.05) is 6.04 Å². The minimum atomic E-state index is -4.66. The quantitative estimate of drug-likeness (QED) is 0.847. The maximum absolute atomic E-state index is 12.0. The summed E-state index contributed by atoms with van der Waals surface area (Å²) in [7, 11) is 0. The smallest absolute Gasteiger partial charge is 0.406 e.